The molecule has 0 aliphatic heterocycles. The molecule has 0 aliphatic rings. The highest BCUT2D eigenvalue weighted by Crippen LogP contribution is 1.87. The van der Waals surface area contributed by atoms with E-state index in [9.17, 15) is 4.79 Å². The molecule has 0 saturated heterocycles. The number of amides is 1. The third-order valence-corrected chi connectivity index (χ3v) is 1.24. The van der Waals surface area contributed by atoms with Crippen LogP contribution in [0.2, 0.25) is 0 Å². The minimum atomic E-state index is -0.0742. The van der Waals surface area contributed by atoms with Gasteiger partial charge in [-0.2, -0.15) is 0 Å². The second kappa shape index (κ2) is 3.14. The van der Waals surface area contributed by atoms with Crippen LogP contribution in [-0.2, 0) is 11.3 Å². The van der Waals surface area contributed by atoms with E-state index in [4.69, 9.17) is 0 Å². The van der Waals surface area contributed by atoms with E-state index in [0.717, 1.165) is 5.69 Å². The van der Waals surface area contributed by atoms with Crippen LogP contribution in [0, 0.1) is 6.92 Å². The zero-order chi connectivity index (χ0) is 8.27. The number of hydrogen-bond acceptors (Lipinski definition) is 3. The van der Waals surface area contributed by atoms with E-state index in [1.807, 2.05) is 6.92 Å². The number of rotatable bonds is 2. The smallest absolute Gasteiger partial charge is 0.241 e. The topological polar surface area (TPSA) is 59.8 Å². The first-order valence-corrected chi connectivity index (χ1v) is 3.29. The molecule has 0 radical (unpaired) electrons. The second-order valence-electron chi connectivity index (χ2n) is 2.23. The summed E-state index contributed by atoms with van der Waals surface area (Å²) in [7, 11) is 1.59. The van der Waals surface area contributed by atoms with Gasteiger partial charge in [0.1, 0.15) is 6.54 Å². The Morgan fingerprint density at radius 3 is 3.00 bits per heavy atom. The molecule has 1 amide bonds. The summed E-state index contributed by atoms with van der Waals surface area (Å²) in [5.74, 6) is -0.0742. The van der Waals surface area contributed by atoms with Gasteiger partial charge in [0.05, 0.1) is 5.69 Å². The molecule has 1 aromatic heterocycles. The zero-order valence-corrected chi connectivity index (χ0v) is 6.53. The van der Waals surface area contributed by atoms with Crippen LogP contribution in [0.1, 0.15) is 5.69 Å². The van der Waals surface area contributed by atoms with Gasteiger partial charge in [-0.15, -0.1) is 5.10 Å². The van der Waals surface area contributed by atoms with E-state index < -0.39 is 0 Å². The maximum absolute atomic E-state index is 10.8. The molecular formula is C6H10N4O. The normalized spacial score (nSPS) is 9.64. The molecular weight excluding hydrogens is 144 g/mol. The number of carbonyl (C=O) groups excluding carboxylic acids is 1. The summed E-state index contributed by atoms with van der Waals surface area (Å²) in [5, 5.41) is 9.94. The summed E-state index contributed by atoms with van der Waals surface area (Å²) >= 11 is 0. The quantitative estimate of drug-likeness (QED) is 0.614. The first kappa shape index (κ1) is 7.71. The van der Waals surface area contributed by atoms with Gasteiger partial charge in [0.25, 0.3) is 0 Å². The van der Waals surface area contributed by atoms with Gasteiger partial charge in [-0.3, -0.25) is 4.79 Å². The molecule has 0 atom stereocenters. The Labute approximate surface area is 64.4 Å². The molecule has 1 rings (SSSR count). The molecule has 1 heterocycles. The van der Waals surface area contributed by atoms with Crippen molar-refractivity contribution in [2.24, 2.45) is 0 Å². The first-order valence-electron chi connectivity index (χ1n) is 3.29. The first-order chi connectivity index (χ1) is 5.22. The van der Waals surface area contributed by atoms with Gasteiger partial charge in [0.15, 0.2) is 0 Å². The van der Waals surface area contributed by atoms with Crippen LogP contribution < -0.4 is 5.32 Å². The Kier molecular flexibility index (Phi) is 2.20. The lowest BCUT2D eigenvalue weighted by Crippen LogP contribution is -2.23. The van der Waals surface area contributed by atoms with Crippen molar-refractivity contribution in [3.05, 3.63) is 11.9 Å². The minimum Gasteiger partial charge on any atom is -0.358 e. The molecule has 0 fully saturated rings. The van der Waals surface area contributed by atoms with Crippen LogP contribution in [0.3, 0.4) is 0 Å². The van der Waals surface area contributed by atoms with E-state index in [1.165, 1.54) is 4.68 Å². The highest BCUT2D eigenvalue weighted by Gasteiger charge is 2.00. The molecule has 60 valence electrons. The molecule has 5 heteroatoms. The van der Waals surface area contributed by atoms with E-state index in [0.29, 0.717) is 0 Å². The lowest BCUT2D eigenvalue weighted by molar-refractivity contribution is -0.121. The Morgan fingerprint density at radius 2 is 2.55 bits per heavy atom. The summed E-state index contributed by atoms with van der Waals surface area (Å²) < 4.78 is 1.49. The standard InChI is InChI=1S/C6H10N4O/c1-5-3-10(9-8-5)4-6(11)7-2/h3H,4H2,1-2H3,(H,7,11). The molecule has 0 bridgehead atoms. The third kappa shape index (κ3) is 2.03. The fraction of sp³-hybridized carbons (Fsp3) is 0.500. The van der Waals surface area contributed by atoms with Gasteiger partial charge in [-0.1, -0.05) is 5.21 Å². The number of carbonyl (C=O) groups is 1. The van der Waals surface area contributed by atoms with Crippen LogP contribution in [0.4, 0.5) is 0 Å². The number of aromatic nitrogens is 3. The monoisotopic (exact) mass is 154 g/mol. The predicted octanol–water partition coefficient (Wildman–Crippen LogP) is -0.667. The maximum Gasteiger partial charge on any atom is 0.241 e. The van der Waals surface area contributed by atoms with Gasteiger partial charge in [-0.05, 0) is 6.92 Å². The van der Waals surface area contributed by atoms with E-state index in [1.54, 1.807) is 13.2 Å². The summed E-state index contributed by atoms with van der Waals surface area (Å²) in [6.45, 7) is 2.06. The number of nitrogens with one attached hydrogen (secondary N) is 1. The van der Waals surface area contributed by atoms with E-state index in [2.05, 4.69) is 15.6 Å². The largest absolute Gasteiger partial charge is 0.358 e. The van der Waals surface area contributed by atoms with Crippen molar-refractivity contribution in [3.8, 4) is 0 Å². The summed E-state index contributed by atoms with van der Waals surface area (Å²) in [6.07, 6.45) is 1.72. The summed E-state index contributed by atoms with van der Waals surface area (Å²) in [5.41, 5.74) is 0.814. The zero-order valence-electron chi connectivity index (χ0n) is 6.53. The molecule has 0 saturated carbocycles. The average Bonchev–Trinajstić information content (AvgIpc) is 2.35. The number of hydrogen-bond donors (Lipinski definition) is 1. The highest BCUT2D eigenvalue weighted by molar-refractivity contribution is 5.75. The van der Waals surface area contributed by atoms with Crippen LogP contribution in [0.15, 0.2) is 6.20 Å². The van der Waals surface area contributed by atoms with Crippen molar-refractivity contribution in [1.29, 1.82) is 0 Å². The molecule has 0 aromatic carbocycles. The van der Waals surface area contributed by atoms with E-state index >= 15 is 0 Å². The number of nitrogens with zero attached hydrogens (tertiary/aromatic N) is 3. The number of aryl methyl sites for hydroxylation is 1. The van der Waals surface area contributed by atoms with Crippen molar-refractivity contribution < 1.29 is 4.79 Å². The summed E-state index contributed by atoms with van der Waals surface area (Å²) in [6, 6.07) is 0. The Morgan fingerprint density at radius 1 is 1.82 bits per heavy atom. The third-order valence-electron chi connectivity index (χ3n) is 1.24. The van der Waals surface area contributed by atoms with Crippen molar-refractivity contribution in [2.45, 2.75) is 13.5 Å². The molecule has 5 nitrogen and oxygen atoms in total. The Bertz CT molecular complexity index is 255. The fourth-order valence-electron chi connectivity index (χ4n) is 0.699. The fourth-order valence-corrected chi connectivity index (χ4v) is 0.699. The van der Waals surface area contributed by atoms with Crippen LogP contribution in [0.5, 0.6) is 0 Å². The molecule has 1 aromatic rings. The van der Waals surface area contributed by atoms with E-state index in [-0.39, 0.29) is 12.5 Å². The SMILES string of the molecule is CNC(=O)Cn1cc(C)nn1. The summed E-state index contributed by atoms with van der Waals surface area (Å²) in [4.78, 5) is 10.8. The van der Waals surface area contributed by atoms with Gasteiger partial charge in [0, 0.05) is 13.2 Å². The number of likely N-dealkylation sites (N-methyl/N-ethyl adjacent to an activating group) is 1. The molecule has 11 heavy (non-hydrogen) atoms. The molecule has 0 spiro atoms. The van der Waals surface area contributed by atoms with Gasteiger partial charge < -0.3 is 5.32 Å². The maximum atomic E-state index is 10.8. The van der Waals surface area contributed by atoms with Crippen molar-refractivity contribution in [1.82, 2.24) is 20.3 Å². The predicted molar refractivity (Wildman–Crippen MR) is 38.8 cm³/mol. The lowest BCUT2D eigenvalue weighted by atomic mass is 10.5. The average molecular weight is 154 g/mol. The van der Waals surface area contributed by atoms with Crippen LogP contribution in [-0.4, -0.2) is 27.9 Å². The molecule has 1 N–H and O–H groups in total. The molecule has 0 aliphatic carbocycles. The van der Waals surface area contributed by atoms with Crippen LogP contribution in [0.25, 0.3) is 0 Å². The van der Waals surface area contributed by atoms with Crippen molar-refractivity contribution >= 4 is 5.91 Å². The van der Waals surface area contributed by atoms with Crippen molar-refractivity contribution in [2.75, 3.05) is 7.05 Å². The van der Waals surface area contributed by atoms with Gasteiger partial charge >= 0.3 is 0 Å². The van der Waals surface area contributed by atoms with Gasteiger partial charge in [0.2, 0.25) is 5.91 Å². The Balaban J connectivity index is 2.57. The van der Waals surface area contributed by atoms with Crippen molar-refractivity contribution in [3.63, 3.8) is 0 Å². The minimum absolute atomic E-state index is 0.0742. The Hall–Kier alpha value is -1.39. The highest BCUT2D eigenvalue weighted by atomic mass is 16.1. The second-order valence-corrected chi connectivity index (χ2v) is 2.23. The van der Waals surface area contributed by atoms with Gasteiger partial charge in [-0.25, -0.2) is 4.68 Å². The molecule has 0 unspecified atom stereocenters. The lowest BCUT2D eigenvalue weighted by Gasteiger charge is -1.96. The van der Waals surface area contributed by atoms with Crippen LogP contribution >= 0.6 is 0 Å².